The van der Waals surface area contributed by atoms with Gasteiger partial charge in [-0.15, -0.1) is 0 Å². The van der Waals surface area contributed by atoms with Crippen LogP contribution < -0.4 is 4.74 Å². The van der Waals surface area contributed by atoms with E-state index in [2.05, 4.69) is 6.58 Å². The van der Waals surface area contributed by atoms with E-state index in [-0.39, 0.29) is 0 Å². The summed E-state index contributed by atoms with van der Waals surface area (Å²) in [5.41, 5.74) is 1.07. The predicted octanol–water partition coefficient (Wildman–Crippen LogP) is 5.51. The lowest BCUT2D eigenvalue weighted by atomic mass is 9.78. The van der Waals surface area contributed by atoms with Crippen LogP contribution in [-0.4, -0.2) is 5.97 Å². The van der Waals surface area contributed by atoms with Crippen molar-refractivity contribution in [3.8, 4) is 5.75 Å². The fourth-order valence-electron chi connectivity index (χ4n) is 2.71. The number of carbonyl (C=O) groups excluding carboxylic acids is 1. The number of benzene rings is 2. The lowest BCUT2D eigenvalue weighted by Crippen LogP contribution is -2.11. The predicted molar refractivity (Wildman–Crippen MR) is 86.4 cm³/mol. The molecule has 0 unspecified atom stereocenters. The van der Waals surface area contributed by atoms with Gasteiger partial charge in [-0.05, 0) is 29.7 Å². The van der Waals surface area contributed by atoms with Gasteiger partial charge in [0.25, 0.3) is 0 Å². The molecule has 1 aliphatic rings. The summed E-state index contributed by atoms with van der Waals surface area (Å²) in [6.07, 6.45) is 4.55. The van der Waals surface area contributed by atoms with Crippen LogP contribution in [0.5, 0.6) is 5.75 Å². The molecule has 4 heteroatoms. The highest BCUT2D eigenvalue weighted by Crippen LogP contribution is 2.49. The van der Waals surface area contributed by atoms with Gasteiger partial charge < -0.3 is 4.74 Å². The van der Waals surface area contributed by atoms with E-state index in [1.807, 2.05) is 24.3 Å². The number of ether oxygens (including phenoxy) is 1. The van der Waals surface area contributed by atoms with E-state index < -0.39 is 5.97 Å². The lowest BCUT2D eigenvalue weighted by molar-refractivity contribution is -0.128. The molecule has 2 aromatic rings. The van der Waals surface area contributed by atoms with Gasteiger partial charge in [-0.3, -0.25) is 0 Å². The molecule has 2 nitrogen and oxygen atoms in total. The lowest BCUT2D eigenvalue weighted by Gasteiger charge is -2.29. The number of carbonyl (C=O) groups is 1. The molecule has 3 rings (SSSR count). The first-order valence-electron chi connectivity index (χ1n) is 6.87. The SMILES string of the molecule is C=CC(=O)Oc1c(Cl)c(Cl)c(C2CCC2)c2ccccc12. The summed E-state index contributed by atoms with van der Waals surface area (Å²) >= 11 is 12.8. The minimum absolute atomic E-state index is 0.299. The summed E-state index contributed by atoms with van der Waals surface area (Å²) < 4.78 is 5.30. The van der Waals surface area contributed by atoms with Gasteiger partial charge in [0.05, 0.1) is 5.02 Å². The Kier molecular flexibility index (Phi) is 3.92. The third-order valence-corrected chi connectivity index (χ3v) is 4.82. The van der Waals surface area contributed by atoms with Crippen LogP contribution in [0.2, 0.25) is 10.0 Å². The van der Waals surface area contributed by atoms with Crippen LogP contribution in [0.1, 0.15) is 30.7 Å². The minimum atomic E-state index is -0.547. The van der Waals surface area contributed by atoms with E-state index in [1.165, 1.54) is 6.42 Å². The Balaban J connectivity index is 2.27. The van der Waals surface area contributed by atoms with Crippen LogP contribution in [0.3, 0.4) is 0 Å². The molecule has 0 heterocycles. The maximum absolute atomic E-state index is 11.5. The standard InChI is InChI=1S/C17H14Cl2O2/c1-2-13(20)21-17-12-9-4-3-8-11(12)14(10-6-5-7-10)15(18)16(17)19/h2-4,8-10H,1,5-7H2. The molecule has 0 radical (unpaired) electrons. The van der Waals surface area contributed by atoms with Crippen molar-refractivity contribution >= 4 is 39.9 Å². The van der Waals surface area contributed by atoms with Gasteiger partial charge in [-0.2, -0.15) is 0 Å². The topological polar surface area (TPSA) is 26.3 Å². The molecule has 2 aromatic carbocycles. The first-order valence-corrected chi connectivity index (χ1v) is 7.63. The highest BCUT2D eigenvalue weighted by Gasteiger charge is 2.28. The van der Waals surface area contributed by atoms with E-state index in [4.69, 9.17) is 27.9 Å². The Morgan fingerprint density at radius 2 is 1.86 bits per heavy atom. The number of fused-ring (bicyclic) bond motifs is 1. The van der Waals surface area contributed by atoms with Gasteiger partial charge in [-0.25, -0.2) is 4.79 Å². The average molecular weight is 321 g/mol. The first-order chi connectivity index (χ1) is 10.1. The second kappa shape index (κ2) is 5.70. The zero-order valence-corrected chi connectivity index (χ0v) is 12.9. The number of halogens is 2. The van der Waals surface area contributed by atoms with Crippen LogP contribution in [-0.2, 0) is 4.79 Å². The van der Waals surface area contributed by atoms with Gasteiger partial charge in [0, 0.05) is 11.5 Å². The van der Waals surface area contributed by atoms with Gasteiger partial charge >= 0.3 is 5.97 Å². The van der Waals surface area contributed by atoms with Gasteiger partial charge in [-0.1, -0.05) is 60.5 Å². The number of rotatable bonds is 3. The fourth-order valence-corrected chi connectivity index (χ4v) is 3.29. The quantitative estimate of drug-likeness (QED) is 0.423. The molecule has 1 aliphatic carbocycles. The van der Waals surface area contributed by atoms with Crippen molar-refractivity contribution < 1.29 is 9.53 Å². The van der Waals surface area contributed by atoms with Crippen molar-refractivity contribution in [1.82, 2.24) is 0 Å². The second-order valence-corrected chi connectivity index (χ2v) is 5.93. The van der Waals surface area contributed by atoms with Crippen molar-refractivity contribution in [3.63, 3.8) is 0 Å². The van der Waals surface area contributed by atoms with Crippen LogP contribution in [0.25, 0.3) is 10.8 Å². The number of hydrogen-bond donors (Lipinski definition) is 0. The van der Waals surface area contributed by atoms with Gasteiger partial charge in [0.2, 0.25) is 0 Å². The Morgan fingerprint density at radius 1 is 1.19 bits per heavy atom. The second-order valence-electron chi connectivity index (χ2n) is 5.17. The molecule has 0 saturated heterocycles. The van der Waals surface area contributed by atoms with Crippen molar-refractivity contribution in [1.29, 1.82) is 0 Å². The Hall–Kier alpha value is -1.51. The molecule has 1 saturated carbocycles. The zero-order chi connectivity index (χ0) is 15.0. The van der Waals surface area contributed by atoms with E-state index >= 15 is 0 Å². The van der Waals surface area contributed by atoms with Crippen LogP contribution in [0.4, 0.5) is 0 Å². The largest absolute Gasteiger partial charge is 0.421 e. The summed E-state index contributed by atoms with van der Waals surface area (Å²) in [6, 6.07) is 7.73. The molecule has 0 spiro atoms. The smallest absolute Gasteiger partial charge is 0.335 e. The monoisotopic (exact) mass is 320 g/mol. The normalized spacial score (nSPS) is 14.8. The molecule has 0 amide bonds. The Labute approximate surface area is 133 Å². The molecule has 0 aliphatic heterocycles. The summed E-state index contributed by atoms with van der Waals surface area (Å²) in [4.78, 5) is 11.5. The highest BCUT2D eigenvalue weighted by molar-refractivity contribution is 6.45. The van der Waals surface area contributed by atoms with E-state index in [0.717, 1.165) is 35.3 Å². The van der Waals surface area contributed by atoms with Crippen LogP contribution >= 0.6 is 23.2 Å². The molecule has 0 aromatic heterocycles. The zero-order valence-electron chi connectivity index (χ0n) is 11.4. The third kappa shape index (κ3) is 2.43. The number of esters is 1. The van der Waals surface area contributed by atoms with Crippen LogP contribution in [0.15, 0.2) is 36.9 Å². The number of hydrogen-bond acceptors (Lipinski definition) is 2. The molecule has 0 N–H and O–H groups in total. The summed E-state index contributed by atoms with van der Waals surface area (Å²) in [7, 11) is 0. The summed E-state index contributed by atoms with van der Waals surface area (Å²) in [5, 5.41) is 2.60. The van der Waals surface area contributed by atoms with Crippen molar-refractivity contribution in [2.24, 2.45) is 0 Å². The molecule has 0 bridgehead atoms. The van der Waals surface area contributed by atoms with Crippen molar-refractivity contribution in [2.75, 3.05) is 0 Å². The van der Waals surface area contributed by atoms with Crippen LogP contribution in [0, 0.1) is 0 Å². The third-order valence-electron chi connectivity index (χ3n) is 3.97. The Morgan fingerprint density at radius 3 is 2.43 bits per heavy atom. The Bertz CT molecular complexity index is 733. The van der Waals surface area contributed by atoms with Crippen molar-refractivity contribution in [2.45, 2.75) is 25.2 Å². The van der Waals surface area contributed by atoms with Gasteiger partial charge in [0.15, 0.2) is 5.75 Å². The summed E-state index contributed by atoms with van der Waals surface area (Å²) in [6.45, 7) is 3.41. The highest BCUT2D eigenvalue weighted by atomic mass is 35.5. The maximum Gasteiger partial charge on any atom is 0.335 e. The van der Waals surface area contributed by atoms with Gasteiger partial charge in [0.1, 0.15) is 5.02 Å². The fraction of sp³-hybridized carbons (Fsp3) is 0.235. The molecule has 108 valence electrons. The minimum Gasteiger partial charge on any atom is -0.421 e. The summed E-state index contributed by atoms with van der Waals surface area (Å²) in [5.74, 6) is 0.198. The first kappa shape index (κ1) is 14.4. The van der Waals surface area contributed by atoms with E-state index in [9.17, 15) is 4.79 Å². The molecule has 0 atom stereocenters. The van der Waals surface area contributed by atoms with E-state index in [0.29, 0.717) is 21.7 Å². The average Bonchev–Trinajstić information content (AvgIpc) is 2.45. The maximum atomic E-state index is 11.5. The molecule has 1 fully saturated rings. The van der Waals surface area contributed by atoms with Crippen molar-refractivity contribution in [3.05, 3.63) is 52.5 Å². The molecule has 21 heavy (non-hydrogen) atoms. The van der Waals surface area contributed by atoms with E-state index in [1.54, 1.807) is 0 Å². The molecular weight excluding hydrogens is 307 g/mol. The molecular formula is C17H14Cl2O2.